The monoisotopic (exact) mass is 540 g/mol. The smallest absolute Gasteiger partial charge is 0.307 e. The van der Waals surface area contributed by atoms with E-state index in [1.54, 1.807) is 48.0 Å². The van der Waals surface area contributed by atoms with Gasteiger partial charge >= 0.3 is 5.97 Å². The van der Waals surface area contributed by atoms with E-state index in [9.17, 15) is 19.2 Å². The van der Waals surface area contributed by atoms with Crippen LogP contribution in [-0.4, -0.2) is 38.3 Å². The van der Waals surface area contributed by atoms with Gasteiger partial charge in [0, 0.05) is 11.3 Å². The molecule has 1 saturated carbocycles. The Balaban J connectivity index is 1.37. The van der Waals surface area contributed by atoms with E-state index in [1.807, 2.05) is 36.4 Å². The molecule has 0 radical (unpaired) electrons. The largest absolute Gasteiger partial charge is 0.481 e. The predicted octanol–water partition coefficient (Wildman–Crippen LogP) is 4.68. The number of anilines is 1. The van der Waals surface area contributed by atoms with E-state index in [0.29, 0.717) is 22.2 Å². The highest BCUT2D eigenvalue weighted by Crippen LogP contribution is 2.32. The predicted molar refractivity (Wildman–Crippen MR) is 153 cm³/mol. The van der Waals surface area contributed by atoms with Crippen molar-refractivity contribution >= 4 is 34.4 Å². The highest BCUT2D eigenvalue weighted by molar-refractivity contribution is 6.02. The van der Waals surface area contributed by atoms with Gasteiger partial charge in [-0.05, 0) is 67.8 Å². The molecular formula is C31H32N4O5. The Morgan fingerprint density at radius 3 is 2.33 bits per heavy atom. The number of carbonyl (C=O) groups is 3. The lowest BCUT2D eigenvalue weighted by atomic mass is 9.95. The maximum Gasteiger partial charge on any atom is 0.307 e. The van der Waals surface area contributed by atoms with E-state index >= 15 is 0 Å². The molecule has 2 amide bonds. The van der Waals surface area contributed by atoms with Crippen molar-refractivity contribution in [3.05, 3.63) is 94.3 Å². The van der Waals surface area contributed by atoms with Gasteiger partial charge in [-0.1, -0.05) is 49.6 Å². The molecule has 1 aliphatic rings. The third-order valence-electron chi connectivity index (χ3n) is 7.38. The number of carboxylic acid groups (broad SMARTS) is 1. The fourth-order valence-corrected chi connectivity index (χ4v) is 5.34. The van der Waals surface area contributed by atoms with Crippen LogP contribution >= 0.6 is 0 Å². The fourth-order valence-electron chi connectivity index (χ4n) is 5.34. The summed E-state index contributed by atoms with van der Waals surface area (Å²) in [5.74, 6) is -1.82. The number of hydrogen-bond donors (Lipinski definition) is 3. The summed E-state index contributed by atoms with van der Waals surface area (Å²) in [6, 6.07) is 20.5. The van der Waals surface area contributed by atoms with Crippen molar-refractivity contribution < 1.29 is 19.5 Å². The Morgan fingerprint density at radius 2 is 1.65 bits per heavy atom. The first-order chi connectivity index (χ1) is 19.3. The van der Waals surface area contributed by atoms with E-state index in [0.717, 1.165) is 36.9 Å². The van der Waals surface area contributed by atoms with Gasteiger partial charge in [0.05, 0.1) is 29.1 Å². The third kappa shape index (κ3) is 5.68. The Hall–Kier alpha value is -4.66. The molecule has 3 N–H and O–H groups in total. The van der Waals surface area contributed by atoms with Crippen molar-refractivity contribution in [2.24, 2.45) is 0 Å². The summed E-state index contributed by atoms with van der Waals surface area (Å²) < 4.78 is 3.81. The topological polar surface area (TPSA) is 122 Å². The summed E-state index contributed by atoms with van der Waals surface area (Å²) >= 11 is 0. The number of hydrogen-bond acceptors (Lipinski definition) is 4. The molecule has 0 unspecified atom stereocenters. The van der Waals surface area contributed by atoms with Crippen LogP contribution in [0.15, 0.2) is 77.6 Å². The van der Waals surface area contributed by atoms with E-state index in [4.69, 9.17) is 5.11 Å². The Labute approximate surface area is 231 Å². The van der Waals surface area contributed by atoms with Gasteiger partial charge in [-0.15, -0.1) is 0 Å². The van der Waals surface area contributed by atoms with Crippen LogP contribution in [0.3, 0.4) is 0 Å². The first-order valence-corrected chi connectivity index (χ1v) is 13.6. The van der Waals surface area contributed by atoms with Crippen LogP contribution in [0.4, 0.5) is 5.69 Å². The van der Waals surface area contributed by atoms with E-state index in [1.165, 1.54) is 6.42 Å². The quantitative estimate of drug-likeness (QED) is 0.300. The summed E-state index contributed by atoms with van der Waals surface area (Å²) in [6.45, 7) is 1.58. The Kier molecular flexibility index (Phi) is 7.82. The lowest BCUT2D eigenvalue weighted by Crippen LogP contribution is -2.41. The molecule has 1 heterocycles. The fraction of sp³-hybridized carbons (Fsp3) is 0.290. The molecule has 4 aromatic rings. The minimum absolute atomic E-state index is 0.106. The van der Waals surface area contributed by atoms with Gasteiger partial charge in [-0.2, -0.15) is 0 Å². The Bertz CT molecular complexity index is 1600. The van der Waals surface area contributed by atoms with Crippen molar-refractivity contribution in [1.29, 1.82) is 0 Å². The molecule has 1 aliphatic carbocycles. The lowest BCUT2D eigenvalue weighted by Gasteiger charge is -2.26. The highest BCUT2D eigenvalue weighted by atomic mass is 16.4. The number of benzene rings is 3. The molecule has 9 heteroatoms. The number of para-hydroxylation sites is 1. The second-order valence-corrected chi connectivity index (χ2v) is 10.3. The van der Waals surface area contributed by atoms with Crippen LogP contribution < -0.4 is 16.2 Å². The number of nitrogens with one attached hydrogen (secondary N) is 2. The van der Waals surface area contributed by atoms with Crippen LogP contribution in [0.25, 0.3) is 16.6 Å². The van der Waals surface area contributed by atoms with E-state index in [-0.39, 0.29) is 18.0 Å². The first kappa shape index (κ1) is 26.9. The van der Waals surface area contributed by atoms with Gasteiger partial charge < -0.3 is 15.7 Å². The Morgan fingerprint density at radius 1 is 0.950 bits per heavy atom. The van der Waals surface area contributed by atoms with Crippen LogP contribution in [0.5, 0.6) is 0 Å². The second-order valence-electron chi connectivity index (χ2n) is 10.3. The number of nitrogens with zero attached hydrogens (tertiary/aromatic N) is 2. The molecule has 3 aromatic carbocycles. The van der Waals surface area contributed by atoms with Gasteiger partial charge in [-0.25, -0.2) is 4.68 Å². The number of carbonyl (C=O) groups excluding carboxylic acids is 2. The maximum atomic E-state index is 13.7. The van der Waals surface area contributed by atoms with Gasteiger partial charge in [0.1, 0.15) is 6.04 Å². The van der Waals surface area contributed by atoms with Crippen molar-refractivity contribution in [3.8, 4) is 5.69 Å². The van der Waals surface area contributed by atoms with Gasteiger partial charge in [0.2, 0.25) is 5.91 Å². The molecule has 1 fully saturated rings. The number of rotatable bonds is 8. The standard InChI is InChI=1S/C31H32N4O5/c1-20(29(38)33-23-15-12-21(13-16-23)18-28(36)37)32-30(39)22-14-17-27-26(19-22)31(40)35(25-10-6-3-7-11-25)34(27)24-8-4-2-5-9-24/h3,6-7,10-17,19-20,24H,2,4-5,8-9,18H2,1H3,(H,32,39)(H,33,38)(H,36,37)/t20-/m0/s1. The summed E-state index contributed by atoms with van der Waals surface area (Å²) in [7, 11) is 0. The number of aromatic nitrogens is 2. The second kappa shape index (κ2) is 11.6. The summed E-state index contributed by atoms with van der Waals surface area (Å²) in [5, 5.41) is 14.8. The number of fused-ring (bicyclic) bond motifs is 1. The SMILES string of the molecule is C[C@H](NC(=O)c1ccc2c(c1)c(=O)n(-c1ccccc1)n2C1CCCCC1)C(=O)Nc1ccc(CC(=O)O)cc1. The van der Waals surface area contributed by atoms with Crippen LogP contribution in [-0.2, 0) is 16.0 Å². The average Bonchev–Trinajstić information content (AvgIpc) is 3.26. The average molecular weight is 541 g/mol. The summed E-state index contributed by atoms with van der Waals surface area (Å²) in [4.78, 5) is 50.4. The number of aliphatic carboxylic acids is 1. The van der Waals surface area contributed by atoms with Crippen LogP contribution in [0, 0.1) is 0 Å². The molecule has 40 heavy (non-hydrogen) atoms. The molecule has 0 saturated heterocycles. The van der Waals surface area contributed by atoms with Crippen molar-refractivity contribution in [3.63, 3.8) is 0 Å². The maximum absolute atomic E-state index is 13.7. The molecular weight excluding hydrogens is 508 g/mol. The summed E-state index contributed by atoms with van der Waals surface area (Å²) in [6.07, 6.45) is 5.30. The zero-order valence-corrected chi connectivity index (χ0v) is 22.3. The lowest BCUT2D eigenvalue weighted by molar-refractivity contribution is -0.136. The molecule has 0 spiro atoms. The minimum Gasteiger partial charge on any atom is -0.481 e. The zero-order chi connectivity index (χ0) is 28.2. The van der Waals surface area contributed by atoms with E-state index in [2.05, 4.69) is 15.3 Å². The number of amides is 2. The molecule has 0 bridgehead atoms. The van der Waals surface area contributed by atoms with Gasteiger partial charge in [0.15, 0.2) is 0 Å². The van der Waals surface area contributed by atoms with Gasteiger partial charge in [0.25, 0.3) is 11.5 Å². The van der Waals surface area contributed by atoms with Crippen LogP contribution in [0.1, 0.15) is 61.0 Å². The zero-order valence-electron chi connectivity index (χ0n) is 22.3. The van der Waals surface area contributed by atoms with Crippen LogP contribution in [0.2, 0.25) is 0 Å². The normalized spacial score (nSPS) is 14.5. The van der Waals surface area contributed by atoms with Crippen molar-refractivity contribution in [2.75, 3.05) is 5.32 Å². The van der Waals surface area contributed by atoms with Crippen molar-refractivity contribution in [2.45, 2.75) is 57.5 Å². The summed E-state index contributed by atoms with van der Waals surface area (Å²) in [5.41, 5.74) is 2.79. The third-order valence-corrected chi connectivity index (χ3v) is 7.38. The van der Waals surface area contributed by atoms with Crippen molar-refractivity contribution in [1.82, 2.24) is 14.7 Å². The molecule has 9 nitrogen and oxygen atoms in total. The minimum atomic E-state index is -0.934. The molecule has 206 valence electrons. The molecule has 0 aliphatic heterocycles. The molecule has 5 rings (SSSR count). The highest BCUT2D eigenvalue weighted by Gasteiger charge is 2.25. The van der Waals surface area contributed by atoms with Gasteiger partial charge in [-0.3, -0.25) is 23.9 Å². The number of carboxylic acids is 1. The van der Waals surface area contributed by atoms with E-state index < -0.39 is 23.8 Å². The molecule has 1 atom stereocenters. The molecule has 1 aromatic heterocycles. The first-order valence-electron chi connectivity index (χ1n) is 13.6.